The maximum atomic E-state index is 12.2. The van der Waals surface area contributed by atoms with Gasteiger partial charge in [0, 0.05) is 38.5 Å². The molecule has 0 unspecified atom stereocenters. The number of piperidine rings is 1. The molecule has 1 heterocycles. The Morgan fingerprint density at radius 1 is 1.11 bits per heavy atom. The summed E-state index contributed by atoms with van der Waals surface area (Å²) in [5.41, 5.74) is 0. The first kappa shape index (κ1) is 16.0. The summed E-state index contributed by atoms with van der Waals surface area (Å²) >= 11 is 0. The van der Waals surface area contributed by atoms with Crippen LogP contribution in [-0.2, 0) is 9.59 Å². The maximum Gasteiger partial charge on any atom is 0.225 e. The van der Waals surface area contributed by atoms with Crippen molar-refractivity contribution in [1.82, 2.24) is 9.80 Å². The monoisotopic (exact) mass is 268 g/mol. The molecule has 19 heavy (non-hydrogen) atoms. The fraction of sp³-hybridized carbons (Fsp3) is 0.867. The molecule has 0 aromatic rings. The minimum absolute atomic E-state index is 0.120. The van der Waals surface area contributed by atoms with Crippen LogP contribution < -0.4 is 0 Å². The standard InChI is InChI=1S/C15H28N2O2/c1-4-7-8-14(18)17-11-9-13(10-12-17)15(19)16(5-2)6-3/h13H,4-12H2,1-3H3. The van der Waals surface area contributed by atoms with Crippen LogP contribution in [0.3, 0.4) is 0 Å². The van der Waals surface area contributed by atoms with Crippen molar-refractivity contribution in [2.24, 2.45) is 5.92 Å². The highest BCUT2D eigenvalue weighted by molar-refractivity contribution is 5.80. The molecular formula is C15H28N2O2. The molecule has 2 amide bonds. The first-order valence-electron chi connectivity index (χ1n) is 7.70. The Hall–Kier alpha value is -1.06. The van der Waals surface area contributed by atoms with Gasteiger partial charge in [0.1, 0.15) is 0 Å². The Bertz CT molecular complexity index is 293. The Balaban J connectivity index is 2.40. The zero-order valence-electron chi connectivity index (χ0n) is 12.7. The van der Waals surface area contributed by atoms with Gasteiger partial charge in [-0.2, -0.15) is 0 Å². The number of likely N-dealkylation sites (tertiary alicyclic amines) is 1. The van der Waals surface area contributed by atoms with Crippen molar-refractivity contribution in [3.8, 4) is 0 Å². The summed E-state index contributed by atoms with van der Waals surface area (Å²) in [5.74, 6) is 0.649. The second-order valence-corrected chi connectivity index (χ2v) is 5.27. The number of amides is 2. The Kier molecular flexibility index (Phi) is 6.89. The van der Waals surface area contributed by atoms with E-state index in [4.69, 9.17) is 0 Å². The lowest BCUT2D eigenvalue weighted by Gasteiger charge is -2.33. The minimum atomic E-state index is 0.120. The number of carbonyl (C=O) groups excluding carboxylic acids is 2. The molecule has 4 nitrogen and oxygen atoms in total. The lowest BCUT2D eigenvalue weighted by atomic mass is 9.95. The van der Waals surface area contributed by atoms with Gasteiger partial charge in [0.25, 0.3) is 0 Å². The van der Waals surface area contributed by atoms with Gasteiger partial charge in [0.05, 0.1) is 0 Å². The number of rotatable bonds is 6. The molecule has 0 aromatic carbocycles. The first-order chi connectivity index (χ1) is 9.13. The Morgan fingerprint density at radius 3 is 2.16 bits per heavy atom. The van der Waals surface area contributed by atoms with Crippen LogP contribution >= 0.6 is 0 Å². The summed E-state index contributed by atoms with van der Waals surface area (Å²) in [6.45, 7) is 9.20. The molecule has 0 aliphatic carbocycles. The SMILES string of the molecule is CCCCC(=O)N1CCC(C(=O)N(CC)CC)CC1. The lowest BCUT2D eigenvalue weighted by Crippen LogP contribution is -2.44. The van der Waals surface area contributed by atoms with Crippen molar-refractivity contribution in [1.29, 1.82) is 0 Å². The largest absolute Gasteiger partial charge is 0.343 e. The summed E-state index contributed by atoms with van der Waals surface area (Å²) in [6, 6.07) is 0. The van der Waals surface area contributed by atoms with Crippen LogP contribution in [-0.4, -0.2) is 47.8 Å². The van der Waals surface area contributed by atoms with Gasteiger partial charge < -0.3 is 9.80 Å². The number of unbranched alkanes of at least 4 members (excludes halogenated alkanes) is 1. The molecule has 0 spiro atoms. The predicted octanol–water partition coefficient (Wildman–Crippen LogP) is 2.28. The Labute approximate surface area is 117 Å². The number of carbonyl (C=O) groups is 2. The second-order valence-electron chi connectivity index (χ2n) is 5.27. The molecule has 0 radical (unpaired) electrons. The molecule has 1 aliphatic rings. The topological polar surface area (TPSA) is 40.6 Å². The van der Waals surface area contributed by atoms with Gasteiger partial charge in [0.15, 0.2) is 0 Å². The van der Waals surface area contributed by atoms with Gasteiger partial charge in [-0.25, -0.2) is 0 Å². The van der Waals surface area contributed by atoms with Crippen molar-refractivity contribution in [3.05, 3.63) is 0 Å². The van der Waals surface area contributed by atoms with E-state index in [0.717, 1.165) is 51.9 Å². The quantitative estimate of drug-likeness (QED) is 0.741. The molecule has 0 saturated carbocycles. The van der Waals surface area contributed by atoms with Crippen molar-refractivity contribution in [3.63, 3.8) is 0 Å². The fourth-order valence-electron chi connectivity index (χ4n) is 2.66. The molecular weight excluding hydrogens is 240 g/mol. The highest BCUT2D eigenvalue weighted by atomic mass is 16.2. The van der Waals surface area contributed by atoms with E-state index in [1.165, 1.54) is 0 Å². The van der Waals surface area contributed by atoms with Crippen molar-refractivity contribution >= 4 is 11.8 Å². The zero-order valence-corrected chi connectivity index (χ0v) is 12.7. The molecule has 0 bridgehead atoms. The fourth-order valence-corrected chi connectivity index (χ4v) is 2.66. The molecule has 1 rings (SSSR count). The summed E-state index contributed by atoms with van der Waals surface area (Å²) in [7, 11) is 0. The van der Waals surface area contributed by atoms with Crippen LogP contribution in [0.2, 0.25) is 0 Å². The normalized spacial score (nSPS) is 16.5. The van der Waals surface area contributed by atoms with Crippen LogP contribution in [0, 0.1) is 5.92 Å². The molecule has 0 aromatic heterocycles. The number of hydrogen-bond acceptors (Lipinski definition) is 2. The Morgan fingerprint density at radius 2 is 1.68 bits per heavy atom. The average molecular weight is 268 g/mol. The summed E-state index contributed by atoms with van der Waals surface area (Å²) in [5, 5.41) is 0. The van der Waals surface area contributed by atoms with E-state index in [-0.39, 0.29) is 17.7 Å². The molecule has 0 atom stereocenters. The van der Waals surface area contributed by atoms with Gasteiger partial charge in [-0.15, -0.1) is 0 Å². The average Bonchev–Trinajstić information content (AvgIpc) is 2.46. The highest BCUT2D eigenvalue weighted by Crippen LogP contribution is 2.20. The van der Waals surface area contributed by atoms with Crippen molar-refractivity contribution in [2.45, 2.75) is 52.9 Å². The van der Waals surface area contributed by atoms with E-state index in [1.807, 2.05) is 23.6 Å². The molecule has 1 aliphatic heterocycles. The van der Waals surface area contributed by atoms with Crippen LogP contribution in [0.25, 0.3) is 0 Å². The van der Waals surface area contributed by atoms with Crippen molar-refractivity contribution < 1.29 is 9.59 Å². The van der Waals surface area contributed by atoms with Crippen molar-refractivity contribution in [2.75, 3.05) is 26.2 Å². The molecule has 0 N–H and O–H groups in total. The van der Waals surface area contributed by atoms with Crippen LogP contribution in [0.15, 0.2) is 0 Å². The molecule has 1 saturated heterocycles. The van der Waals surface area contributed by atoms with Gasteiger partial charge in [-0.05, 0) is 33.1 Å². The van der Waals surface area contributed by atoms with E-state index < -0.39 is 0 Å². The molecule has 1 fully saturated rings. The van der Waals surface area contributed by atoms with Gasteiger partial charge in [-0.1, -0.05) is 13.3 Å². The maximum absolute atomic E-state index is 12.2. The van der Waals surface area contributed by atoms with E-state index in [1.54, 1.807) is 0 Å². The minimum Gasteiger partial charge on any atom is -0.343 e. The summed E-state index contributed by atoms with van der Waals surface area (Å²) < 4.78 is 0. The third kappa shape index (κ3) is 4.51. The number of nitrogens with zero attached hydrogens (tertiary/aromatic N) is 2. The van der Waals surface area contributed by atoms with E-state index in [9.17, 15) is 9.59 Å². The lowest BCUT2D eigenvalue weighted by molar-refractivity contribution is -0.140. The van der Waals surface area contributed by atoms with Crippen LogP contribution in [0.4, 0.5) is 0 Å². The molecule has 4 heteroatoms. The van der Waals surface area contributed by atoms with Crippen LogP contribution in [0.1, 0.15) is 52.9 Å². The highest BCUT2D eigenvalue weighted by Gasteiger charge is 2.28. The van der Waals surface area contributed by atoms with E-state index in [0.29, 0.717) is 6.42 Å². The number of hydrogen-bond donors (Lipinski definition) is 0. The predicted molar refractivity (Wildman–Crippen MR) is 76.8 cm³/mol. The second kappa shape index (κ2) is 8.18. The van der Waals surface area contributed by atoms with Gasteiger partial charge >= 0.3 is 0 Å². The zero-order chi connectivity index (χ0) is 14.3. The first-order valence-corrected chi connectivity index (χ1v) is 7.70. The summed E-state index contributed by atoms with van der Waals surface area (Å²) in [6.07, 6.45) is 4.34. The van der Waals surface area contributed by atoms with Crippen LogP contribution in [0.5, 0.6) is 0 Å². The van der Waals surface area contributed by atoms with E-state index in [2.05, 4.69) is 6.92 Å². The summed E-state index contributed by atoms with van der Waals surface area (Å²) in [4.78, 5) is 28.0. The smallest absolute Gasteiger partial charge is 0.225 e. The third-order valence-corrected chi connectivity index (χ3v) is 4.02. The third-order valence-electron chi connectivity index (χ3n) is 4.02. The van der Waals surface area contributed by atoms with E-state index >= 15 is 0 Å². The van der Waals surface area contributed by atoms with Gasteiger partial charge in [-0.3, -0.25) is 9.59 Å². The molecule has 110 valence electrons. The van der Waals surface area contributed by atoms with Gasteiger partial charge in [0.2, 0.25) is 11.8 Å².